The van der Waals surface area contributed by atoms with E-state index in [0.29, 0.717) is 0 Å². The summed E-state index contributed by atoms with van der Waals surface area (Å²) in [4.78, 5) is 0. The molecule has 0 fully saturated rings. The zero-order valence-corrected chi connectivity index (χ0v) is 63.3. The first-order valence-electron chi connectivity index (χ1n) is 40.3. The van der Waals surface area contributed by atoms with Gasteiger partial charge in [0.05, 0.1) is 33.4 Å². The Bertz CT molecular complexity index is 8340. The van der Waals surface area contributed by atoms with Crippen molar-refractivity contribution in [1.29, 1.82) is 0 Å². The van der Waals surface area contributed by atoms with Gasteiger partial charge < -0.3 is 9.13 Å². The third-order valence-electron chi connectivity index (χ3n) is 25.1. The second kappa shape index (κ2) is 26.2. The van der Waals surface area contributed by atoms with E-state index in [1.807, 2.05) is 0 Å². The minimum absolute atomic E-state index is 1.18. The molecule has 2 aromatic heterocycles. The number of para-hydroxylation sites is 1. The Morgan fingerprint density at radius 3 is 0.759 bits per heavy atom. The summed E-state index contributed by atoms with van der Waals surface area (Å²) in [7, 11) is 0. The molecule has 2 heteroatoms. The van der Waals surface area contributed by atoms with Gasteiger partial charge in [-0.15, -0.1) is 0 Å². The van der Waals surface area contributed by atoms with Crippen LogP contribution in [0.15, 0.2) is 425 Å². The summed E-state index contributed by atoms with van der Waals surface area (Å²) in [5.74, 6) is 0. The largest absolute Gasteiger partial charge is 0.309 e. The zero-order valence-electron chi connectivity index (χ0n) is 63.3. The summed E-state index contributed by atoms with van der Waals surface area (Å²) in [5, 5.41) is 36.0. The number of rotatable bonds is 7. The van der Waals surface area contributed by atoms with Crippen LogP contribution in [0.1, 0.15) is 0 Å². The highest BCUT2D eigenvalue weighted by Gasteiger charge is 2.24. The van der Waals surface area contributed by atoms with E-state index in [0.717, 1.165) is 0 Å². The second-order valence-corrected chi connectivity index (χ2v) is 31.1. The van der Waals surface area contributed by atoms with Gasteiger partial charge in [0.2, 0.25) is 0 Å². The molecule has 25 aromatic rings. The van der Waals surface area contributed by atoms with Gasteiger partial charge in [0.15, 0.2) is 0 Å². The summed E-state index contributed by atoms with van der Waals surface area (Å²) in [6, 6.07) is 157. The van der Waals surface area contributed by atoms with E-state index >= 15 is 0 Å². The Hall–Kier alpha value is -15.2. The lowest BCUT2D eigenvalue weighted by Gasteiger charge is -2.18. The molecule has 116 heavy (non-hydrogen) atoms. The maximum absolute atomic E-state index is 2.48. The Morgan fingerprint density at radius 1 is 0.112 bits per heavy atom. The number of nitrogens with zero attached hydrogens (tertiary/aromatic N) is 2. The molecule has 25 rings (SSSR count). The van der Waals surface area contributed by atoms with Gasteiger partial charge in [0.25, 0.3) is 0 Å². The minimum atomic E-state index is 1.18. The molecule has 0 aliphatic carbocycles. The van der Waals surface area contributed by atoms with Gasteiger partial charge in [0.1, 0.15) is 0 Å². The van der Waals surface area contributed by atoms with E-state index in [4.69, 9.17) is 0 Å². The van der Waals surface area contributed by atoms with Crippen LogP contribution < -0.4 is 0 Å². The first-order chi connectivity index (χ1) is 57.6. The van der Waals surface area contributed by atoms with Crippen LogP contribution in [0.3, 0.4) is 0 Å². The van der Waals surface area contributed by atoms with Crippen LogP contribution in [-0.4, -0.2) is 9.13 Å². The van der Waals surface area contributed by atoms with Gasteiger partial charge in [-0.3, -0.25) is 0 Å². The Morgan fingerprint density at radius 2 is 0.362 bits per heavy atom. The van der Waals surface area contributed by atoms with Crippen molar-refractivity contribution < 1.29 is 0 Å². The van der Waals surface area contributed by atoms with E-state index in [1.54, 1.807) is 0 Å². The van der Waals surface area contributed by atoms with Crippen LogP contribution in [0, 0.1) is 0 Å². The molecule has 0 aliphatic rings. The van der Waals surface area contributed by atoms with Crippen LogP contribution >= 0.6 is 0 Å². The highest BCUT2D eigenvalue weighted by atomic mass is 15.0. The number of benzene rings is 23. The van der Waals surface area contributed by atoms with Crippen molar-refractivity contribution in [1.82, 2.24) is 9.13 Å². The van der Waals surface area contributed by atoms with Gasteiger partial charge in [-0.25, -0.2) is 0 Å². The Balaban J connectivity index is 0.000000134. The molecule has 0 saturated heterocycles. The lowest BCUT2D eigenvalue weighted by molar-refractivity contribution is 1.20. The van der Waals surface area contributed by atoms with Crippen molar-refractivity contribution in [2.45, 2.75) is 0 Å². The van der Waals surface area contributed by atoms with Crippen molar-refractivity contribution in [2.75, 3.05) is 0 Å². The lowest BCUT2D eigenvalue weighted by atomic mass is 9.86. The maximum atomic E-state index is 2.48. The minimum Gasteiger partial charge on any atom is -0.309 e. The predicted octanol–water partition coefficient (Wildman–Crippen LogP) is 31.7. The van der Waals surface area contributed by atoms with Crippen LogP contribution in [0.25, 0.3) is 240 Å². The summed E-state index contributed by atoms with van der Waals surface area (Å²) in [5.41, 5.74) is 19.4. The molecule has 0 N–H and O–H groups in total. The van der Waals surface area contributed by atoms with Crippen molar-refractivity contribution in [2.24, 2.45) is 0 Å². The van der Waals surface area contributed by atoms with Crippen molar-refractivity contribution >= 4 is 173 Å². The monoisotopic (exact) mass is 1470 g/mol. The zero-order chi connectivity index (χ0) is 76.1. The van der Waals surface area contributed by atoms with Gasteiger partial charge in [-0.1, -0.05) is 358 Å². The summed E-state index contributed by atoms with van der Waals surface area (Å²) >= 11 is 0. The molecule has 0 atom stereocenters. The van der Waals surface area contributed by atoms with Crippen molar-refractivity contribution in [3.8, 4) is 67.0 Å². The molecule has 0 amide bonds. The fraction of sp³-hybridized carbons (Fsp3) is 0. The molecular formula is C114H70N2. The van der Waals surface area contributed by atoms with Gasteiger partial charge in [-0.05, 0) is 241 Å². The lowest BCUT2D eigenvalue weighted by Crippen LogP contribution is -1.96. The fourth-order valence-corrected chi connectivity index (χ4v) is 20.0. The van der Waals surface area contributed by atoms with Crippen molar-refractivity contribution in [3.05, 3.63) is 425 Å². The average molecular weight is 1470 g/mol. The Kier molecular flexibility index (Phi) is 14.8. The first kappa shape index (κ1) is 65.5. The van der Waals surface area contributed by atoms with Crippen LogP contribution in [0.5, 0.6) is 0 Å². The molecule has 0 spiro atoms. The predicted molar refractivity (Wildman–Crippen MR) is 499 cm³/mol. The van der Waals surface area contributed by atoms with Crippen LogP contribution in [0.4, 0.5) is 0 Å². The highest BCUT2D eigenvalue weighted by molar-refractivity contribution is 6.41. The number of hydrogen-bond acceptors (Lipinski definition) is 0. The molecule has 0 aliphatic heterocycles. The molecule has 0 bridgehead atoms. The molecule has 0 saturated carbocycles. The normalized spacial score (nSPS) is 12.0. The van der Waals surface area contributed by atoms with E-state index in [9.17, 15) is 0 Å². The summed E-state index contributed by atoms with van der Waals surface area (Å²) in [6.07, 6.45) is 0. The third kappa shape index (κ3) is 10.0. The smallest absolute Gasteiger partial charge is 0.0541 e. The third-order valence-corrected chi connectivity index (χ3v) is 25.1. The molecule has 0 unspecified atom stereocenters. The number of aromatic nitrogens is 2. The van der Waals surface area contributed by atoms with Gasteiger partial charge in [0, 0.05) is 32.3 Å². The van der Waals surface area contributed by atoms with Crippen LogP contribution in [0.2, 0.25) is 0 Å². The quantitative estimate of drug-likeness (QED) is 0.141. The van der Waals surface area contributed by atoms with E-state index in [1.165, 1.54) is 240 Å². The highest BCUT2D eigenvalue weighted by Crippen LogP contribution is 2.50. The van der Waals surface area contributed by atoms with E-state index < -0.39 is 0 Å². The van der Waals surface area contributed by atoms with E-state index in [-0.39, 0.29) is 0 Å². The number of hydrogen-bond donors (Lipinski definition) is 0. The molecular weight excluding hydrogens is 1400 g/mol. The average Bonchev–Trinajstić information content (AvgIpc) is 0.970. The van der Waals surface area contributed by atoms with Crippen LogP contribution in [-0.2, 0) is 0 Å². The van der Waals surface area contributed by atoms with Gasteiger partial charge >= 0.3 is 0 Å². The fourth-order valence-electron chi connectivity index (χ4n) is 20.0. The molecule has 0 radical (unpaired) electrons. The van der Waals surface area contributed by atoms with Gasteiger partial charge in [-0.2, -0.15) is 0 Å². The standard InChI is InChI=1S/C60H37N.C54H33N/c1-3-15-38(16-4-1)40-30-33-57-54(35-40)55-36-41(39-17-5-2-6-18-39)31-34-58(55)61(57)56-28-14-26-44-43(25-13-27-48(44)56)42-29-32-52-53(37-42)47-21-9-12-24-51(47)59-49-22-10-7-19-45(49)46-20-8-11-23-50(46)60(52)59;1-2-14-34(15-3-1)35-27-30-52-49(32-35)43-21-12-13-25-50(43)55(52)51-31-29-37(38-16-4-8-20-42(38)51)36-26-28-47-48(33-36)41-19-7-11-24-46(41)53-44-22-9-5-17-39(44)40-18-6-10-23-45(40)54(47)53/h1-37H;1-33H. The molecule has 2 heterocycles. The number of fused-ring (bicyclic) bond motifs is 30. The summed E-state index contributed by atoms with van der Waals surface area (Å²) < 4.78 is 4.94. The summed E-state index contributed by atoms with van der Waals surface area (Å²) in [6.45, 7) is 0. The van der Waals surface area contributed by atoms with E-state index in [2.05, 4.69) is 434 Å². The first-order valence-corrected chi connectivity index (χ1v) is 40.3. The second-order valence-electron chi connectivity index (χ2n) is 31.1. The molecule has 23 aromatic carbocycles. The van der Waals surface area contributed by atoms with Crippen molar-refractivity contribution in [3.63, 3.8) is 0 Å². The Labute approximate surface area is 669 Å². The molecule has 536 valence electrons. The SMILES string of the molecule is c1ccc(-c2ccc3c(c2)c2cc(-c4ccccc4)ccc2n3-c2cccc3c(-c4ccc5c(c4)c4ccccc4c4c6ccccc6c6ccccc6c54)cccc23)cc1.c1ccc(-c2ccc3c(c2)c2ccccc2n3-c2ccc(-c3ccc4c(c3)c3ccccc3c3c5ccccc5c5ccccc5c43)c3ccccc23)cc1. The maximum Gasteiger partial charge on any atom is 0.0541 e. The topological polar surface area (TPSA) is 9.86 Å². The molecule has 2 nitrogen and oxygen atoms in total.